The number of hydrogen-bond donors (Lipinski definition) is 1. The molecule has 0 spiro atoms. The number of benzene rings is 2. The highest BCUT2D eigenvalue weighted by Gasteiger charge is 2.49. The molecule has 130 valence electrons. The topological polar surface area (TPSA) is 62.3 Å². The molecule has 0 radical (unpaired) electrons. The van der Waals surface area contributed by atoms with Crippen molar-refractivity contribution in [3.63, 3.8) is 0 Å². The standard InChI is InChI=1S/C20H16ClN3O2/c1-20(16-8-4-6-14-5-2-3-7-15(14)16)18(25)24(19(26)23-20)12-13-9-10-17(21)22-11-13/h2-11H,12H2,1H3,(H,23,26)/t20-/m0/s1. The number of nitrogens with one attached hydrogen (secondary N) is 1. The fourth-order valence-electron chi connectivity index (χ4n) is 3.37. The Bertz CT molecular complexity index is 1010. The first-order valence-electron chi connectivity index (χ1n) is 8.22. The van der Waals surface area contributed by atoms with E-state index in [0.29, 0.717) is 5.15 Å². The Morgan fingerprint density at radius 1 is 1.08 bits per heavy atom. The van der Waals surface area contributed by atoms with Crippen molar-refractivity contribution in [2.45, 2.75) is 19.0 Å². The zero-order valence-corrected chi connectivity index (χ0v) is 14.8. The number of carbonyl (C=O) groups is 2. The first-order chi connectivity index (χ1) is 12.5. The third-order valence-corrected chi connectivity index (χ3v) is 4.96. The molecule has 5 nitrogen and oxygen atoms in total. The van der Waals surface area contributed by atoms with Crippen molar-refractivity contribution in [1.29, 1.82) is 0 Å². The second-order valence-corrected chi connectivity index (χ2v) is 6.85. The van der Waals surface area contributed by atoms with Gasteiger partial charge in [-0.25, -0.2) is 9.78 Å². The van der Waals surface area contributed by atoms with Gasteiger partial charge in [0.25, 0.3) is 5.91 Å². The Balaban J connectivity index is 1.72. The molecule has 1 saturated heterocycles. The van der Waals surface area contributed by atoms with Gasteiger partial charge in [-0.1, -0.05) is 60.1 Å². The molecule has 1 aromatic heterocycles. The van der Waals surface area contributed by atoms with E-state index in [0.717, 1.165) is 21.9 Å². The Hall–Kier alpha value is -2.92. The van der Waals surface area contributed by atoms with Gasteiger partial charge in [-0.05, 0) is 34.9 Å². The van der Waals surface area contributed by atoms with Crippen LogP contribution < -0.4 is 5.32 Å². The summed E-state index contributed by atoms with van der Waals surface area (Å²) in [7, 11) is 0. The van der Waals surface area contributed by atoms with Crippen molar-refractivity contribution in [3.05, 3.63) is 77.1 Å². The molecular formula is C20H16ClN3O2. The average molecular weight is 366 g/mol. The van der Waals surface area contributed by atoms with Crippen molar-refractivity contribution < 1.29 is 9.59 Å². The number of rotatable bonds is 3. The Labute approximate surface area is 155 Å². The third-order valence-electron chi connectivity index (χ3n) is 4.73. The fourth-order valence-corrected chi connectivity index (χ4v) is 3.48. The van der Waals surface area contributed by atoms with Gasteiger partial charge in [0.05, 0.1) is 6.54 Å². The van der Waals surface area contributed by atoms with Gasteiger partial charge in [-0.15, -0.1) is 0 Å². The van der Waals surface area contributed by atoms with Gasteiger partial charge in [0.1, 0.15) is 10.7 Å². The molecule has 1 aliphatic heterocycles. The molecule has 1 fully saturated rings. The van der Waals surface area contributed by atoms with Gasteiger partial charge in [0, 0.05) is 6.20 Å². The number of halogens is 1. The molecule has 0 bridgehead atoms. The minimum atomic E-state index is -1.11. The van der Waals surface area contributed by atoms with E-state index in [1.54, 1.807) is 25.3 Å². The van der Waals surface area contributed by atoms with Crippen molar-refractivity contribution in [1.82, 2.24) is 15.2 Å². The summed E-state index contributed by atoms with van der Waals surface area (Å²) in [5, 5.41) is 5.20. The minimum absolute atomic E-state index is 0.148. The summed E-state index contributed by atoms with van der Waals surface area (Å²) in [6.07, 6.45) is 1.57. The summed E-state index contributed by atoms with van der Waals surface area (Å²) in [5.41, 5.74) is 0.406. The van der Waals surface area contributed by atoms with Crippen molar-refractivity contribution >= 4 is 34.3 Å². The van der Waals surface area contributed by atoms with Gasteiger partial charge in [-0.2, -0.15) is 0 Å². The van der Waals surface area contributed by atoms with Crippen LogP contribution in [0.4, 0.5) is 4.79 Å². The van der Waals surface area contributed by atoms with E-state index in [2.05, 4.69) is 10.3 Å². The highest BCUT2D eigenvalue weighted by molar-refractivity contribution is 6.29. The maximum atomic E-state index is 13.1. The molecule has 0 unspecified atom stereocenters. The lowest BCUT2D eigenvalue weighted by Crippen LogP contribution is -2.41. The molecular weight excluding hydrogens is 350 g/mol. The molecule has 1 aliphatic rings. The van der Waals surface area contributed by atoms with Crippen molar-refractivity contribution in [2.75, 3.05) is 0 Å². The number of aromatic nitrogens is 1. The molecule has 3 aromatic rings. The van der Waals surface area contributed by atoms with E-state index in [1.165, 1.54) is 4.90 Å². The lowest BCUT2D eigenvalue weighted by molar-refractivity contribution is -0.131. The van der Waals surface area contributed by atoms with E-state index < -0.39 is 11.6 Å². The quantitative estimate of drug-likeness (QED) is 0.566. The number of nitrogens with zero attached hydrogens (tertiary/aromatic N) is 2. The maximum Gasteiger partial charge on any atom is 0.325 e. The van der Waals surface area contributed by atoms with E-state index in [9.17, 15) is 9.59 Å². The summed E-state index contributed by atoms with van der Waals surface area (Å²) in [4.78, 5) is 30.9. The van der Waals surface area contributed by atoms with Gasteiger partial charge < -0.3 is 5.32 Å². The highest BCUT2D eigenvalue weighted by Crippen LogP contribution is 2.34. The van der Waals surface area contributed by atoms with Crippen molar-refractivity contribution in [3.8, 4) is 0 Å². The summed E-state index contributed by atoms with van der Waals surface area (Å²) in [6, 6.07) is 16.6. The molecule has 26 heavy (non-hydrogen) atoms. The van der Waals surface area contributed by atoms with E-state index in [1.807, 2.05) is 42.5 Å². The van der Waals surface area contributed by atoms with E-state index in [-0.39, 0.29) is 12.5 Å². The lowest BCUT2D eigenvalue weighted by Gasteiger charge is -2.24. The molecule has 1 N–H and O–H groups in total. The Kier molecular flexibility index (Phi) is 3.89. The van der Waals surface area contributed by atoms with E-state index in [4.69, 9.17) is 11.6 Å². The van der Waals surface area contributed by atoms with Crippen LogP contribution in [0.25, 0.3) is 10.8 Å². The van der Waals surface area contributed by atoms with Crippen LogP contribution in [0, 0.1) is 0 Å². The lowest BCUT2D eigenvalue weighted by atomic mass is 9.88. The fraction of sp³-hybridized carbons (Fsp3) is 0.150. The zero-order chi connectivity index (χ0) is 18.3. The number of hydrogen-bond acceptors (Lipinski definition) is 3. The smallest absolute Gasteiger partial charge is 0.319 e. The second kappa shape index (κ2) is 6.11. The SMILES string of the molecule is C[C@@]1(c2cccc3ccccc23)NC(=O)N(Cc2ccc(Cl)nc2)C1=O. The molecule has 2 heterocycles. The van der Waals surface area contributed by atoms with Crippen LogP contribution >= 0.6 is 11.6 Å². The molecule has 1 atom stereocenters. The van der Waals surface area contributed by atoms with Crippen LogP contribution in [0.1, 0.15) is 18.1 Å². The van der Waals surface area contributed by atoms with E-state index >= 15 is 0 Å². The number of urea groups is 1. The summed E-state index contributed by atoms with van der Waals surface area (Å²) in [6.45, 7) is 1.89. The number of carbonyl (C=O) groups excluding carboxylic acids is 2. The molecule has 2 aromatic carbocycles. The Morgan fingerprint density at radius 3 is 2.62 bits per heavy atom. The molecule has 0 aliphatic carbocycles. The number of amides is 3. The number of pyridine rings is 1. The van der Waals surface area contributed by atoms with Crippen LogP contribution in [0.5, 0.6) is 0 Å². The first kappa shape index (κ1) is 16.5. The monoisotopic (exact) mass is 365 g/mol. The van der Waals surface area contributed by atoms with Crippen LogP contribution in [0.2, 0.25) is 5.15 Å². The summed E-state index contributed by atoms with van der Waals surface area (Å²) < 4.78 is 0. The summed E-state index contributed by atoms with van der Waals surface area (Å²) in [5.74, 6) is -0.284. The van der Waals surface area contributed by atoms with Crippen LogP contribution in [-0.2, 0) is 16.9 Å². The van der Waals surface area contributed by atoms with Gasteiger partial charge in [0.2, 0.25) is 0 Å². The highest BCUT2D eigenvalue weighted by atomic mass is 35.5. The Morgan fingerprint density at radius 2 is 1.85 bits per heavy atom. The molecule has 3 amide bonds. The minimum Gasteiger partial charge on any atom is -0.319 e. The third kappa shape index (κ3) is 2.61. The zero-order valence-electron chi connectivity index (χ0n) is 14.1. The molecule has 0 saturated carbocycles. The predicted molar refractivity (Wildman–Crippen MR) is 99.6 cm³/mol. The normalized spacial score (nSPS) is 19.8. The maximum absolute atomic E-state index is 13.1. The number of fused-ring (bicyclic) bond motifs is 1. The van der Waals surface area contributed by atoms with Gasteiger partial charge >= 0.3 is 6.03 Å². The van der Waals surface area contributed by atoms with Gasteiger partial charge in [0.15, 0.2) is 0 Å². The summed E-state index contributed by atoms with van der Waals surface area (Å²) >= 11 is 5.80. The molecule has 6 heteroatoms. The largest absolute Gasteiger partial charge is 0.325 e. The number of imide groups is 1. The average Bonchev–Trinajstić information content (AvgIpc) is 2.87. The first-order valence-corrected chi connectivity index (χ1v) is 8.59. The predicted octanol–water partition coefficient (Wildman–Crippen LogP) is 3.86. The second-order valence-electron chi connectivity index (χ2n) is 6.46. The van der Waals surface area contributed by atoms with Crippen LogP contribution in [-0.4, -0.2) is 21.8 Å². The van der Waals surface area contributed by atoms with Gasteiger partial charge in [-0.3, -0.25) is 9.69 Å². The van der Waals surface area contributed by atoms with Crippen LogP contribution in [0.15, 0.2) is 60.8 Å². The van der Waals surface area contributed by atoms with Crippen molar-refractivity contribution in [2.24, 2.45) is 0 Å². The van der Waals surface area contributed by atoms with Crippen LogP contribution in [0.3, 0.4) is 0 Å². The molecule has 4 rings (SSSR count).